The minimum Gasteiger partial charge on any atom is -0.485 e. The molecule has 0 saturated heterocycles. The SMILES string of the molecule is NC(N)=NCC1CCCC(CN(Cc2ccc(OCc3ccccc3)c(OCc3ccccc3)c2)C(=O)c2ccccc2)C1. The molecule has 228 valence electrons. The summed E-state index contributed by atoms with van der Waals surface area (Å²) in [5, 5.41) is 0. The summed E-state index contributed by atoms with van der Waals surface area (Å²) in [6, 6.07) is 35.7. The van der Waals surface area contributed by atoms with E-state index in [-0.39, 0.29) is 11.9 Å². The van der Waals surface area contributed by atoms with E-state index in [1.807, 2.05) is 114 Å². The fourth-order valence-electron chi connectivity index (χ4n) is 5.84. The van der Waals surface area contributed by atoms with Crippen LogP contribution in [-0.2, 0) is 19.8 Å². The maximum atomic E-state index is 13.9. The van der Waals surface area contributed by atoms with E-state index in [1.54, 1.807) is 0 Å². The smallest absolute Gasteiger partial charge is 0.254 e. The number of hydrogen-bond donors (Lipinski definition) is 2. The molecule has 0 aliphatic heterocycles. The van der Waals surface area contributed by atoms with Gasteiger partial charge >= 0.3 is 0 Å². The summed E-state index contributed by atoms with van der Waals surface area (Å²) in [4.78, 5) is 20.1. The molecule has 4 N–H and O–H groups in total. The first-order valence-corrected chi connectivity index (χ1v) is 15.4. The maximum absolute atomic E-state index is 13.9. The number of nitrogens with zero attached hydrogens (tertiary/aromatic N) is 2. The Hall–Kier alpha value is -4.78. The van der Waals surface area contributed by atoms with Crippen molar-refractivity contribution in [1.82, 2.24) is 4.90 Å². The summed E-state index contributed by atoms with van der Waals surface area (Å²) in [6.45, 7) is 2.61. The predicted octanol–water partition coefficient (Wildman–Crippen LogP) is 6.57. The second-order valence-electron chi connectivity index (χ2n) is 11.5. The van der Waals surface area contributed by atoms with Crippen LogP contribution in [0, 0.1) is 11.8 Å². The molecule has 1 fully saturated rings. The van der Waals surface area contributed by atoms with E-state index in [4.69, 9.17) is 20.9 Å². The van der Waals surface area contributed by atoms with Gasteiger partial charge < -0.3 is 25.8 Å². The quantitative estimate of drug-likeness (QED) is 0.135. The summed E-state index contributed by atoms with van der Waals surface area (Å²) < 4.78 is 12.6. The van der Waals surface area contributed by atoms with E-state index < -0.39 is 0 Å². The molecule has 0 aromatic heterocycles. The van der Waals surface area contributed by atoms with Crippen LogP contribution in [0.4, 0.5) is 0 Å². The number of amides is 1. The van der Waals surface area contributed by atoms with Gasteiger partial charge in [0.2, 0.25) is 0 Å². The molecule has 44 heavy (non-hydrogen) atoms. The molecule has 5 rings (SSSR count). The van der Waals surface area contributed by atoms with Crippen molar-refractivity contribution in [3.63, 3.8) is 0 Å². The molecular formula is C37H42N4O3. The number of rotatable bonds is 13. The summed E-state index contributed by atoms with van der Waals surface area (Å²) >= 11 is 0. The second kappa shape index (κ2) is 15.6. The van der Waals surface area contributed by atoms with Crippen molar-refractivity contribution in [2.75, 3.05) is 13.1 Å². The number of carbonyl (C=O) groups is 1. The number of ether oxygens (including phenoxy) is 2. The Morgan fingerprint density at radius 2 is 1.32 bits per heavy atom. The van der Waals surface area contributed by atoms with E-state index in [1.165, 1.54) is 0 Å². The van der Waals surface area contributed by atoms with Gasteiger partial charge in [-0.05, 0) is 72.1 Å². The van der Waals surface area contributed by atoms with Crippen molar-refractivity contribution in [2.24, 2.45) is 28.3 Å². The topological polar surface area (TPSA) is 103 Å². The highest BCUT2D eigenvalue weighted by molar-refractivity contribution is 5.94. The van der Waals surface area contributed by atoms with Crippen LogP contribution in [0.15, 0.2) is 114 Å². The van der Waals surface area contributed by atoms with Crippen molar-refractivity contribution in [1.29, 1.82) is 0 Å². The van der Waals surface area contributed by atoms with Crippen LogP contribution in [0.2, 0.25) is 0 Å². The molecular weight excluding hydrogens is 548 g/mol. The van der Waals surface area contributed by atoms with E-state index in [0.29, 0.717) is 61.7 Å². The molecule has 2 atom stereocenters. The fraction of sp³-hybridized carbons (Fsp3) is 0.297. The summed E-state index contributed by atoms with van der Waals surface area (Å²) in [7, 11) is 0. The second-order valence-corrected chi connectivity index (χ2v) is 11.5. The lowest BCUT2D eigenvalue weighted by atomic mass is 9.81. The molecule has 2 unspecified atom stereocenters. The first kappa shape index (κ1) is 30.7. The van der Waals surface area contributed by atoms with Gasteiger partial charge in [0.1, 0.15) is 13.2 Å². The Balaban J connectivity index is 1.36. The Morgan fingerprint density at radius 1 is 0.727 bits per heavy atom. The van der Waals surface area contributed by atoms with Gasteiger partial charge in [-0.2, -0.15) is 0 Å². The molecule has 0 radical (unpaired) electrons. The summed E-state index contributed by atoms with van der Waals surface area (Å²) in [6.07, 6.45) is 4.28. The van der Waals surface area contributed by atoms with Crippen molar-refractivity contribution >= 4 is 11.9 Å². The highest BCUT2D eigenvalue weighted by Gasteiger charge is 2.26. The van der Waals surface area contributed by atoms with Crippen molar-refractivity contribution < 1.29 is 14.3 Å². The highest BCUT2D eigenvalue weighted by atomic mass is 16.5. The third-order valence-electron chi connectivity index (χ3n) is 8.07. The molecule has 1 saturated carbocycles. The van der Waals surface area contributed by atoms with Crippen LogP contribution >= 0.6 is 0 Å². The Labute approximate surface area is 260 Å². The molecule has 7 nitrogen and oxygen atoms in total. The fourth-order valence-corrected chi connectivity index (χ4v) is 5.84. The third kappa shape index (κ3) is 9.11. The van der Waals surface area contributed by atoms with Crippen LogP contribution in [0.1, 0.15) is 52.7 Å². The number of hydrogen-bond acceptors (Lipinski definition) is 4. The first-order chi connectivity index (χ1) is 21.5. The van der Waals surface area contributed by atoms with Crippen LogP contribution in [0.5, 0.6) is 11.5 Å². The summed E-state index contributed by atoms with van der Waals surface area (Å²) in [5.41, 5.74) is 15.0. The summed E-state index contributed by atoms with van der Waals surface area (Å²) in [5.74, 6) is 2.28. The average molecular weight is 591 g/mol. The number of nitrogens with two attached hydrogens (primary N) is 2. The van der Waals surface area contributed by atoms with Crippen molar-refractivity contribution in [3.05, 3.63) is 131 Å². The van der Waals surface area contributed by atoms with Gasteiger partial charge in [0.25, 0.3) is 5.91 Å². The van der Waals surface area contributed by atoms with E-state index >= 15 is 0 Å². The van der Waals surface area contributed by atoms with Crippen molar-refractivity contribution in [3.8, 4) is 11.5 Å². The molecule has 1 amide bonds. The standard InChI is InChI=1S/C37H42N4O3/c38-37(39)40-23-30-15-10-16-31(21-30)24-41(36(42)33-17-8-3-9-18-33)25-32-19-20-34(43-26-28-11-4-1-5-12-28)35(22-32)44-27-29-13-6-2-7-14-29/h1-9,11-14,17-20,22,30-31H,10,15-16,21,23-27H2,(H4,38,39,40). The van der Waals surface area contributed by atoms with Gasteiger partial charge in [0.05, 0.1) is 0 Å². The van der Waals surface area contributed by atoms with Gasteiger partial charge in [-0.1, -0.05) is 91.3 Å². The van der Waals surface area contributed by atoms with E-state index in [0.717, 1.165) is 42.4 Å². The number of carbonyl (C=O) groups excluding carboxylic acids is 1. The zero-order chi connectivity index (χ0) is 30.6. The predicted molar refractivity (Wildman–Crippen MR) is 175 cm³/mol. The zero-order valence-electron chi connectivity index (χ0n) is 25.2. The van der Waals surface area contributed by atoms with Gasteiger partial charge in [0.15, 0.2) is 17.5 Å². The first-order valence-electron chi connectivity index (χ1n) is 15.4. The monoisotopic (exact) mass is 590 g/mol. The van der Waals surface area contributed by atoms with E-state index in [2.05, 4.69) is 4.99 Å². The van der Waals surface area contributed by atoms with Gasteiger partial charge in [-0.25, -0.2) is 0 Å². The largest absolute Gasteiger partial charge is 0.485 e. The number of guanidine groups is 1. The van der Waals surface area contributed by atoms with Gasteiger partial charge in [0, 0.05) is 25.2 Å². The van der Waals surface area contributed by atoms with Crippen LogP contribution < -0.4 is 20.9 Å². The molecule has 0 bridgehead atoms. The highest BCUT2D eigenvalue weighted by Crippen LogP contribution is 2.33. The molecule has 4 aromatic carbocycles. The maximum Gasteiger partial charge on any atom is 0.254 e. The van der Waals surface area contributed by atoms with Gasteiger partial charge in [-0.15, -0.1) is 0 Å². The lowest BCUT2D eigenvalue weighted by molar-refractivity contribution is 0.0686. The molecule has 0 spiro atoms. The molecule has 1 aliphatic rings. The molecule has 0 heterocycles. The number of benzene rings is 4. The van der Waals surface area contributed by atoms with Crippen LogP contribution in [0.25, 0.3) is 0 Å². The lowest BCUT2D eigenvalue weighted by Crippen LogP contribution is -2.37. The molecule has 4 aromatic rings. The van der Waals surface area contributed by atoms with Crippen LogP contribution in [0.3, 0.4) is 0 Å². The van der Waals surface area contributed by atoms with Crippen molar-refractivity contribution in [2.45, 2.75) is 45.4 Å². The molecule has 1 aliphatic carbocycles. The zero-order valence-corrected chi connectivity index (χ0v) is 25.2. The average Bonchev–Trinajstić information content (AvgIpc) is 3.07. The minimum absolute atomic E-state index is 0.0214. The Morgan fingerprint density at radius 3 is 1.95 bits per heavy atom. The minimum atomic E-state index is 0.0214. The Bertz CT molecular complexity index is 1490. The lowest BCUT2D eigenvalue weighted by Gasteiger charge is -2.33. The number of aliphatic imine (C=N–C) groups is 1. The Kier molecular flexibility index (Phi) is 10.9. The normalized spacial score (nSPS) is 16.1. The van der Waals surface area contributed by atoms with E-state index in [9.17, 15) is 4.79 Å². The van der Waals surface area contributed by atoms with Crippen LogP contribution in [-0.4, -0.2) is 29.9 Å². The van der Waals surface area contributed by atoms with Gasteiger partial charge in [-0.3, -0.25) is 9.79 Å². The third-order valence-corrected chi connectivity index (χ3v) is 8.07. The molecule has 7 heteroatoms.